The lowest BCUT2D eigenvalue weighted by Gasteiger charge is -2.08. The van der Waals surface area contributed by atoms with E-state index in [1.807, 2.05) is 30.3 Å². The van der Waals surface area contributed by atoms with Gasteiger partial charge in [-0.25, -0.2) is 0 Å². The molecule has 2 nitrogen and oxygen atoms in total. The molecule has 112 valence electrons. The Labute approximate surface area is 127 Å². The van der Waals surface area contributed by atoms with E-state index >= 15 is 0 Å². The lowest BCUT2D eigenvalue weighted by atomic mass is 9.98. The summed E-state index contributed by atoms with van der Waals surface area (Å²) in [5.41, 5.74) is 1.10. The number of unbranched alkanes of at least 4 members (excludes halogenated alkanes) is 3. The molecule has 0 atom stereocenters. The first-order valence-corrected chi connectivity index (χ1v) is 7.82. The van der Waals surface area contributed by atoms with Gasteiger partial charge in [0.2, 0.25) is 0 Å². The van der Waals surface area contributed by atoms with Gasteiger partial charge in [0.15, 0.2) is 0 Å². The number of fused-ring (bicyclic) bond motifs is 1. The van der Waals surface area contributed by atoms with Crippen molar-refractivity contribution in [3.8, 4) is 5.75 Å². The summed E-state index contributed by atoms with van der Waals surface area (Å²) in [6.45, 7) is 2.19. The fraction of sp³-hybridized carbons (Fsp3) is 0.421. The molecule has 0 radical (unpaired) electrons. The fourth-order valence-corrected chi connectivity index (χ4v) is 2.65. The Kier molecular flexibility index (Phi) is 5.79. The summed E-state index contributed by atoms with van der Waals surface area (Å²) in [5.74, 6) is 1.17. The first kappa shape index (κ1) is 15.6. The van der Waals surface area contributed by atoms with Crippen LogP contribution in [0.25, 0.3) is 10.8 Å². The van der Waals surface area contributed by atoms with Crippen LogP contribution in [-0.4, -0.2) is 12.9 Å². The van der Waals surface area contributed by atoms with Gasteiger partial charge in [0.1, 0.15) is 11.5 Å². The Balaban J connectivity index is 2.08. The largest absolute Gasteiger partial charge is 0.497 e. The van der Waals surface area contributed by atoms with Gasteiger partial charge < -0.3 is 4.74 Å². The zero-order valence-corrected chi connectivity index (χ0v) is 13.0. The van der Waals surface area contributed by atoms with Crippen LogP contribution in [0.5, 0.6) is 5.75 Å². The van der Waals surface area contributed by atoms with Gasteiger partial charge in [-0.3, -0.25) is 4.79 Å². The second-order valence-corrected chi connectivity index (χ2v) is 5.53. The highest BCUT2D eigenvalue weighted by atomic mass is 16.5. The van der Waals surface area contributed by atoms with Crippen LogP contribution < -0.4 is 4.74 Å². The number of carbonyl (C=O) groups is 1. The maximum atomic E-state index is 12.1. The van der Waals surface area contributed by atoms with Crippen LogP contribution in [0.15, 0.2) is 36.4 Å². The minimum atomic E-state index is 0.335. The third-order valence-corrected chi connectivity index (χ3v) is 3.88. The van der Waals surface area contributed by atoms with E-state index in [4.69, 9.17) is 4.74 Å². The van der Waals surface area contributed by atoms with Gasteiger partial charge in [-0.1, -0.05) is 50.5 Å². The molecular weight excluding hydrogens is 260 g/mol. The highest BCUT2D eigenvalue weighted by Crippen LogP contribution is 2.24. The third-order valence-electron chi connectivity index (χ3n) is 3.88. The van der Waals surface area contributed by atoms with Crippen LogP contribution in [0.4, 0.5) is 0 Å². The van der Waals surface area contributed by atoms with E-state index in [0.717, 1.165) is 34.9 Å². The Morgan fingerprint density at radius 2 is 1.95 bits per heavy atom. The summed E-state index contributed by atoms with van der Waals surface area (Å²) in [6, 6.07) is 12.2. The number of methoxy groups -OCH3 is 1. The summed E-state index contributed by atoms with van der Waals surface area (Å²) in [5, 5.41) is 2.28. The maximum absolute atomic E-state index is 12.1. The average Bonchev–Trinajstić information content (AvgIpc) is 2.51. The van der Waals surface area contributed by atoms with Crippen molar-refractivity contribution in [2.75, 3.05) is 7.11 Å². The standard InChI is InChI=1S/C19H24O2/c1-3-4-5-6-10-17(20)13-16-9-7-8-15-11-12-18(21-2)14-19(15)16/h7-9,11-12,14H,3-6,10,13H2,1-2H3. The molecular formula is C19H24O2. The number of hydrogen-bond donors (Lipinski definition) is 0. The predicted molar refractivity (Wildman–Crippen MR) is 88.0 cm³/mol. The second kappa shape index (κ2) is 7.82. The van der Waals surface area contributed by atoms with Crippen LogP contribution in [0.1, 0.15) is 44.6 Å². The Morgan fingerprint density at radius 1 is 1.10 bits per heavy atom. The van der Waals surface area contributed by atoms with Gasteiger partial charge in [-0.2, -0.15) is 0 Å². The molecule has 0 saturated heterocycles. The number of carbonyl (C=O) groups excluding carboxylic acids is 1. The summed E-state index contributed by atoms with van der Waals surface area (Å²) >= 11 is 0. The average molecular weight is 284 g/mol. The van der Waals surface area contributed by atoms with Crippen LogP contribution in [0.2, 0.25) is 0 Å². The molecule has 0 amide bonds. The van der Waals surface area contributed by atoms with E-state index in [9.17, 15) is 4.79 Å². The Bertz CT molecular complexity index is 602. The van der Waals surface area contributed by atoms with Gasteiger partial charge in [-0.15, -0.1) is 0 Å². The molecule has 2 rings (SSSR count). The van der Waals surface area contributed by atoms with Crippen LogP contribution in [0.3, 0.4) is 0 Å². The summed E-state index contributed by atoms with van der Waals surface area (Å²) in [4.78, 5) is 12.1. The van der Waals surface area contributed by atoms with E-state index in [1.54, 1.807) is 7.11 Å². The molecule has 0 aliphatic carbocycles. The zero-order chi connectivity index (χ0) is 15.1. The predicted octanol–water partition coefficient (Wildman–Crippen LogP) is 4.93. The first-order chi connectivity index (χ1) is 10.2. The maximum Gasteiger partial charge on any atom is 0.137 e. The van der Waals surface area contributed by atoms with Crippen LogP contribution in [0, 0.1) is 0 Å². The molecule has 0 saturated carbocycles. The SMILES string of the molecule is CCCCCCC(=O)Cc1cccc2ccc(OC)cc12. The molecule has 2 aromatic carbocycles. The lowest BCUT2D eigenvalue weighted by Crippen LogP contribution is -2.03. The topological polar surface area (TPSA) is 26.3 Å². The molecule has 0 spiro atoms. The smallest absolute Gasteiger partial charge is 0.137 e. The minimum absolute atomic E-state index is 0.335. The fourth-order valence-electron chi connectivity index (χ4n) is 2.65. The van der Waals surface area contributed by atoms with Gasteiger partial charge in [0.05, 0.1) is 7.11 Å². The molecule has 2 aromatic rings. The Hall–Kier alpha value is -1.83. The van der Waals surface area contributed by atoms with Crippen molar-refractivity contribution in [1.82, 2.24) is 0 Å². The van der Waals surface area contributed by atoms with Crippen LogP contribution >= 0.6 is 0 Å². The molecule has 2 heteroatoms. The first-order valence-electron chi connectivity index (χ1n) is 7.82. The molecule has 0 aliphatic rings. The van der Waals surface area contributed by atoms with Gasteiger partial charge in [-0.05, 0) is 34.9 Å². The van der Waals surface area contributed by atoms with E-state index in [2.05, 4.69) is 13.0 Å². The van der Waals surface area contributed by atoms with E-state index in [1.165, 1.54) is 12.8 Å². The van der Waals surface area contributed by atoms with Crippen LogP contribution in [-0.2, 0) is 11.2 Å². The summed E-state index contributed by atoms with van der Waals surface area (Å²) in [7, 11) is 1.67. The minimum Gasteiger partial charge on any atom is -0.497 e. The zero-order valence-electron chi connectivity index (χ0n) is 13.0. The quantitative estimate of drug-likeness (QED) is 0.642. The second-order valence-electron chi connectivity index (χ2n) is 5.53. The third kappa shape index (κ3) is 4.32. The number of ether oxygens (including phenoxy) is 1. The van der Waals surface area contributed by atoms with Crippen molar-refractivity contribution in [2.24, 2.45) is 0 Å². The highest BCUT2D eigenvalue weighted by molar-refractivity contribution is 5.91. The number of benzene rings is 2. The summed E-state index contributed by atoms with van der Waals surface area (Å²) < 4.78 is 5.29. The number of rotatable bonds is 8. The number of hydrogen-bond acceptors (Lipinski definition) is 2. The molecule has 0 unspecified atom stereocenters. The summed E-state index contributed by atoms with van der Waals surface area (Å²) in [6.07, 6.45) is 5.82. The monoisotopic (exact) mass is 284 g/mol. The van der Waals surface area contributed by atoms with E-state index in [-0.39, 0.29) is 0 Å². The van der Waals surface area contributed by atoms with Crippen molar-refractivity contribution < 1.29 is 9.53 Å². The normalized spacial score (nSPS) is 10.8. The molecule has 0 aromatic heterocycles. The van der Waals surface area contributed by atoms with Gasteiger partial charge in [0, 0.05) is 12.8 Å². The van der Waals surface area contributed by atoms with Gasteiger partial charge >= 0.3 is 0 Å². The molecule has 0 aliphatic heterocycles. The highest BCUT2D eigenvalue weighted by Gasteiger charge is 2.08. The van der Waals surface area contributed by atoms with Crippen molar-refractivity contribution in [3.05, 3.63) is 42.0 Å². The number of Topliss-reactive ketones (excluding diaryl/α,β-unsaturated/α-hetero) is 1. The number of ketones is 1. The van der Waals surface area contributed by atoms with Gasteiger partial charge in [0.25, 0.3) is 0 Å². The van der Waals surface area contributed by atoms with Crippen molar-refractivity contribution in [1.29, 1.82) is 0 Å². The molecule has 0 fully saturated rings. The molecule has 0 heterocycles. The Morgan fingerprint density at radius 3 is 2.71 bits per heavy atom. The van der Waals surface area contributed by atoms with E-state index in [0.29, 0.717) is 18.6 Å². The molecule has 0 N–H and O–H groups in total. The van der Waals surface area contributed by atoms with Crippen molar-refractivity contribution >= 4 is 16.6 Å². The lowest BCUT2D eigenvalue weighted by molar-refractivity contribution is -0.118. The van der Waals surface area contributed by atoms with Crippen molar-refractivity contribution in [2.45, 2.75) is 45.4 Å². The molecule has 21 heavy (non-hydrogen) atoms. The van der Waals surface area contributed by atoms with E-state index < -0.39 is 0 Å². The van der Waals surface area contributed by atoms with Crippen molar-refractivity contribution in [3.63, 3.8) is 0 Å². The molecule has 0 bridgehead atoms.